The maximum atomic E-state index is 12.2. The minimum atomic E-state index is -1.34. The number of hydrogen-bond donors (Lipinski definition) is 7. The number of carboxylic acid groups (broad SMARTS) is 1. The number of aromatic hydroxyl groups is 1. The molecule has 30 heavy (non-hydrogen) atoms. The number of benzene rings is 1. The highest BCUT2D eigenvalue weighted by atomic mass is 16.4. The average Bonchev–Trinajstić information content (AvgIpc) is 2.69. The quantitative estimate of drug-likeness (QED) is 0.214. The van der Waals surface area contributed by atoms with Gasteiger partial charge in [-0.15, -0.1) is 0 Å². The van der Waals surface area contributed by atoms with Crippen molar-refractivity contribution in [2.24, 2.45) is 11.7 Å². The van der Waals surface area contributed by atoms with Gasteiger partial charge < -0.3 is 37.0 Å². The van der Waals surface area contributed by atoms with Gasteiger partial charge in [0.05, 0.1) is 19.2 Å². The number of amides is 3. The molecule has 0 aliphatic carbocycles. The summed E-state index contributed by atoms with van der Waals surface area (Å²) in [6.07, 6.45) is 0.139. The van der Waals surface area contributed by atoms with Gasteiger partial charge in [-0.25, -0.2) is 4.79 Å². The topological polar surface area (TPSA) is 191 Å². The number of aliphatic hydroxyl groups excluding tert-OH is 1. The zero-order chi connectivity index (χ0) is 22.8. The Morgan fingerprint density at radius 3 is 2.13 bits per heavy atom. The summed E-state index contributed by atoms with van der Waals surface area (Å²) < 4.78 is 0. The normalized spacial score (nSPS) is 13.8. The Hall–Kier alpha value is -3.18. The van der Waals surface area contributed by atoms with E-state index < -0.39 is 55.0 Å². The van der Waals surface area contributed by atoms with Crippen molar-refractivity contribution >= 4 is 23.7 Å². The van der Waals surface area contributed by atoms with Crippen molar-refractivity contribution in [2.45, 2.75) is 38.4 Å². The van der Waals surface area contributed by atoms with Crippen molar-refractivity contribution in [2.75, 3.05) is 13.2 Å². The van der Waals surface area contributed by atoms with E-state index >= 15 is 0 Å². The van der Waals surface area contributed by atoms with Gasteiger partial charge >= 0.3 is 5.97 Å². The van der Waals surface area contributed by atoms with Crippen LogP contribution < -0.4 is 21.7 Å². The second-order valence-corrected chi connectivity index (χ2v) is 7.07. The number of aliphatic carboxylic acids is 1. The summed E-state index contributed by atoms with van der Waals surface area (Å²) >= 11 is 0. The van der Waals surface area contributed by atoms with Crippen molar-refractivity contribution in [3.8, 4) is 5.75 Å². The number of hydrogen-bond acceptors (Lipinski definition) is 7. The molecule has 0 fully saturated rings. The van der Waals surface area contributed by atoms with E-state index in [1.807, 2.05) is 0 Å². The monoisotopic (exact) mass is 424 g/mol. The van der Waals surface area contributed by atoms with Crippen LogP contribution in [0.4, 0.5) is 0 Å². The number of carbonyl (C=O) groups is 4. The molecule has 0 aromatic heterocycles. The summed E-state index contributed by atoms with van der Waals surface area (Å²) in [5.41, 5.74) is 6.51. The Kier molecular flexibility index (Phi) is 9.72. The van der Waals surface area contributed by atoms with Gasteiger partial charge in [0, 0.05) is 0 Å². The highest BCUT2D eigenvalue weighted by molar-refractivity contribution is 5.92. The largest absolute Gasteiger partial charge is 0.508 e. The number of carbonyl (C=O) groups excluding carboxylic acids is 3. The molecule has 1 aromatic rings. The zero-order valence-electron chi connectivity index (χ0n) is 16.8. The molecule has 0 heterocycles. The standard InChI is InChI=1S/C19H28N4O7/c1-10(2)16(19(29)30)23-15(26)8-21-18(28)14(9-24)22-17(27)13(20)7-11-3-5-12(25)6-4-11/h3-6,10,13-14,16,24-25H,7-9,20H2,1-2H3,(H,21,28)(H,22,27)(H,23,26)(H,29,30). The predicted octanol–water partition coefficient (Wildman–Crippen LogP) is -1.92. The summed E-state index contributed by atoms with van der Waals surface area (Å²) in [7, 11) is 0. The second-order valence-electron chi connectivity index (χ2n) is 7.07. The first-order valence-electron chi connectivity index (χ1n) is 9.29. The van der Waals surface area contributed by atoms with Gasteiger partial charge in [0.15, 0.2) is 0 Å². The van der Waals surface area contributed by atoms with E-state index in [2.05, 4.69) is 16.0 Å². The van der Waals surface area contributed by atoms with Crippen molar-refractivity contribution in [3.63, 3.8) is 0 Å². The number of aliphatic hydroxyl groups is 1. The number of nitrogens with two attached hydrogens (primary N) is 1. The zero-order valence-corrected chi connectivity index (χ0v) is 16.8. The summed E-state index contributed by atoms with van der Waals surface area (Å²) in [6, 6.07) is 2.63. The minimum Gasteiger partial charge on any atom is -0.508 e. The van der Waals surface area contributed by atoms with Crippen molar-refractivity contribution in [1.82, 2.24) is 16.0 Å². The fraction of sp³-hybridized carbons (Fsp3) is 0.474. The van der Waals surface area contributed by atoms with E-state index in [1.54, 1.807) is 26.0 Å². The molecule has 0 radical (unpaired) electrons. The molecule has 1 aromatic carbocycles. The Morgan fingerprint density at radius 1 is 1.03 bits per heavy atom. The average molecular weight is 424 g/mol. The molecule has 0 saturated carbocycles. The number of rotatable bonds is 11. The van der Waals surface area contributed by atoms with Gasteiger partial charge in [-0.1, -0.05) is 26.0 Å². The van der Waals surface area contributed by atoms with Crippen molar-refractivity contribution in [3.05, 3.63) is 29.8 Å². The molecule has 0 saturated heterocycles. The first-order valence-corrected chi connectivity index (χ1v) is 9.29. The number of carboxylic acids is 1. The molecular formula is C19H28N4O7. The smallest absolute Gasteiger partial charge is 0.326 e. The van der Waals surface area contributed by atoms with E-state index in [0.29, 0.717) is 5.56 Å². The van der Waals surface area contributed by atoms with Gasteiger partial charge in [0.2, 0.25) is 17.7 Å². The molecule has 8 N–H and O–H groups in total. The minimum absolute atomic E-state index is 0.0703. The van der Waals surface area contributed by atoms with Gasteiger partial charge in [0.25, 0.3) is 0 Å². The van der Waals surface area contributed by atoms with Crippen LogP contribution in [-0.4, -0.2) is 70.3 Å². The van der Waals surface area contributed by atoms with Crippen LogP contribution in [0.15, 0.2) is 24.3 Å². The summed E-state index contributed by atoms with van der Waals surface area (Å²) in [5, 5.41) is 34.5. The second kappa shape index (κ2) is 11.7. The fourth-order valence-corrected chi connectivity index (χ4v) is 2.48. The van der Waals surface area contributed by atoms with Gasteiger partial charge in [-0.3, -0.25) is 14.4 Å². The lowest BCUT2D eigenvalue weighted by Gasteiger charge is -2.20. The molecule has 3 unspecified atom stereocenters. The molecule has 3 atom stereocenters. The number of nitrogens with one attached hydrogen (secondary N) is 3. The highest BCUT2D eigenvalue weighted by Crippen LogP contribution is 2.11. The molecule has 3 amide bonds. The molecule has 166 valence electrons. The predicted molar refractivity (Wildman–Crippen MR) is 106 cm³/mol. The summed E-state index contributed by atoms with van der Waals surface area (Å²) in [4.78, 5) is 47.3. The van der Waals surface area contributed by atoms with Crippen molar-refractivity contribution in [1.29, 1.82) is 0 Å². The molecule has 0 bridgehead atoms. The third kappa shape index (κ3) is 8.05. The lowest BCUT2D eigenvalue weighted by molar-refractivity contribution is -0.143. The van der Waals surface area contributed by atoms with Crippen molar-refractivity contribution < 1.29 is 34.5 Å². The van der Waals surface area contributed by atoms with E-state index in [9.17, 15) is 29.4 Å². The van der Waals surface area contributed by atoms with Crippen LogP contribution >= 0.6 is 0 Å². The molecule has 11 nitrogen and oxygen atoms in total. The fourth-order valence-electron chi connectivity index (χ4n) is 2.48. The highest BCUT2D eigenvalue weighted by Gasteiger charge is 2.26. The summed E-state index contributed by atoms with van der Waals surface area (Å²) in [6.45, 7) is 1.99. The Bertz CT molecular complexity index is 752. The molecule has 11 heteroatoms. The first-order chi connectivity index (χ1) is 14.0. The molecule has 1 rings (SSSR count). The molecule has 0 aliphatic rings. The van der Waals surface area contributed by atoms with Crippen LogP contribution in [0.3, 0.4) is 0 Å². The summed E-state index contributed by atoms with van der Waals surface area (Å²) in [5.74, 6) is -3.73. The van der Waals surface area contributed by atoms with Gasteiger partial charge in [0.1, 0.15) is 17.8 Å². The lowest BCUT2D eigenvalue weighted by Crippen LogP contribution is -2.55. The first kappa shape index (κ1) is 24.9. The third-order valence-corrected chi connectivity index (χ3v) is 4.22. The third-order valence-electron chi connectivity index (χ3n) is 4.22. The Labute approximate surface area is 173 Å². The SMILES string of the molecule is CC(C)C(NC(=O)CNC(=O)C(CO)NC(=O)C(N)Cc1ccc(O)cc1)C(=O)O. The van der Waals surface area contributed by atoms with Gasteiger partial charge in [-0.05, 0) is 30.0 Å². The number of phenolic OH excluding ortho intramolecular Hbond substituents is 1. The van der Waals surface area contributed by atoms with Crippen LogP contribution in [0.5, 0.6) is 5.75 Å². The molecular weight excluding hydrogens is 396 g/mol. The molecule has 0 aliphatic heterocycles. The van der Waals surface area contributed by atoms with E-state index in [0.717, 1.165) is 0 Å². The van der Waals surface area contributed by atoms with Crippen LogP contribution in [0.25, 0.3) is 0 Å². The number of phenols is 1. The van der Waals surface area contributed by atoms with Crippen LogP contribution in [0.2, 0.25) is 0 Å². The maximum absolute atomic E-state index is 12.2. The molecule has 0 spiro atoms. The van der Waals surface area contributed by atoms with Crippen LogP contribution in [0.1, 0.15) is 19.4 Å². The Morgan fingerprint density at radius 2 is 1.63 bits per heavy atom. The van der Waals surface area contributed by atoms with Crippen LogP contribution in [-0.2, 0) is 25.6 Å². The van der Waals surface area contributed by atoms with E-state index in [-0.39, 0.29) is 18.1 Å². The lowest BCUT2D eigenvalue weighted by atomic mass is 10.0. The maximum Gasteiger partial charge on any atom is 0.326 e. The van der Waals surface area contributed by atoms with E-state index in [1.165, 1.54) is 12.1 Å². The van der Waals surface area contributed by atoms with Gasteiger partial charge in [-0.2, -0.15) is 0 Å². The van der Waals surface area contributed by atoms with E-state index in [4.69, 9.17) is 10.8 Å². The van der Waals surface area contributed by atoms with Crippen LogP contribution in [0, 0.1) is 5.92 Å². The Balaban J connectivity index is 2.55.